The summed E-state index contributed by atoms with van der Waals surface area (Å²) >= 11 is 0. The minimum atomic E-state index is 0. The molecular weight excluding hydrogens is 255 g/mol. The third-order valence-corrected chi connectivity index (χ3v) is 2.24. The van der Waals surface area contributed by atoms with Crippen molar-refractivity contribution in [1.29, 1.82) is 0 Å². The van der Waals surface area contributed by atoms with Gasteiger partial charge in [-0.3, -0.25) is 6.08 Å². The van der Waals surface area contributed by atoms with Gasteiger partial charge in [0, 0.05) is 0 Å². The minimum absolute atomic E-state index is 0. The average Bonchev–Trinajstić information content (AvgIpc) is 1.98. The Kier molecular flexibility index (Phi) is 17.4. The summed E-state index contributed by atoms with van der Waals surface area (Å²) < 4.78 is 0. The zero-order valence-corrected chi connectivity index (χ0v) is 10.9. The Labute approximate surface area is 113 Å². The first kappa shape index (κ1) is 23.7. The van der Waals surface area contributed by atoms with Crippen molar-refractivity contribution in [3.05, 3.63) is 22.8 Å². The van der Waals surface area contributed by atoms with Crippen LogP contribution in [0.1, 0.15) is 27.7 Å². The minimum Gasteiger partial charge on any atom is -1.00 e. The van der Waals surface area contributed by atoms with Crippen LogP contribution >= 0.6 is 0 Å². The maximum absolute atomic E-state index is 3.36. The molecule has 0 aromatic rings. The van der Waals surface area contributed by atoms with Gasteiger partial charge in [-0.25, -0.2) is 5.57 Å². The van der Waals surface area contributed by atoms with Crippen molar-refractivity contribution in [2.75, 3.05) is 0 Å². The van der Waals surface area contributed by atoms with E-state index in [9.17, 15) is 0 Å². The van der Waals surface area contributed by atoms with Crippen LogP contribution in [0, 0.1) is 12.0 Å². The van der Waals surface area contributed by atoms with Crippen LogP contribution in [0.2, 0.25) is 0 Å². The molecule has 1 aliphatic rings. The van der Waals surface area contributed by atoms with E-state index in [0.717, 1.165) is 0 Å². The standard InChI is InChI=1S/C9H13.2ClH.H4Si.Ti/c1-6-5-7(2)9(4)8(6)3;;;;/h6H,1-4H3;2*1H;1H4;/q-1;;;;+3/p-2. The second-order valence-corrected chi connectivity index (χ2v) is 2.80. The van der Waals surface area contributed by atoms with Crippen molar-refractivity contribution < 1.29 is 46.5 Å². The summed E-state index contributed by atoms with van der Waals surface area (Å²) in [5, 5.41) is 0. The molecular formula is C9H17Cl2SiTi. The molecule has 4 heteroatoms. The normalized spacial score (nSPS) is 18.8. The Hall–Kier alpha value is 0.991. The van der Waals surface area contributed by atoms with E-state index in [4.69, 9.17) is 0 Å². The fraction of sp³-hybridized carbons (Fsp3) is 0.556. The van der Waals surface area contributed by atoms with E-state index < -0.39 is 0 Å². The molecule has 1 rings (SSSR count). The van der Waals surface area contributed by atoms with Gasteiger partial charge in [-0.1, -0.05) is 26.7 Å². The van der Waals surface area contributed by atoms with Gasteiger partial charge < -0.3 is 24.8 Å². The second kappa shape index (κ2) is 9.54. The van der Waals surface area contributed by atoms with Crippen LogP contribution in [0.15, 0.2) is 16.7 Å². The summed E-state index contributed by atoms with van der Waals surface area (Å²) in [7, 11) is 0. The third kappa shape index (κ3) is 5.44. The molecule has 0 spiro atoms. The Bertz CT molecular complexity index is 200. The number of halogens is 2. The number of allylic oxidation sites excluding steroid dienone is 4. The van der Waals surface area contributed by atoms with Gasteiger partial charge in [0.2, 0.25) is 0 Å². The van der Waals surface area contributed by atoms with Crippen LogP contribution in [-0.2, 0) is 21.7 Å². The summed E-state index contributed by atoms with van der Waals surface area (Å²) in [6.07, 6.45) is 3.36. The fourth-order valence-corrected chi connectivity index (χ4v) is 1.16. The summed E-state index contributed by atoms with van der Waals surface area (Å²) in [5.74, 6) is 0.560. The van der Waals surface area contributed by atoms with Crippen molar-refractivity contribution in [3.8, 4) is 0 Å². The predicted molar refractivity (Wildman–Crippen MR) is 51.3 cm³/mol. The van der Waals surface area contributed by atoms with Gasteiger partial charge in [-0.2, -0.15) is 11.1 Å². The summed E-state index contributed by atoms with van der Waals surface area (Å²) in [5.41, 5.74) is 4.25. The average molecular weight is 272 g/mol. The van der Waals surface area contributed by atoms with Crippen molar-refractivity contribution >= 4 is 11.0 Å². The molecule has 0 amide bonds. The molecule has 0 saturated carbocycles. The van der Waals surface area contributed by atoms with Gasteiger partial charge in [0.15, 0.2) is 0 Å². The van der Waals surface area contributed by atoms with Crippen LogP contribution in [0.5, 0.6) is 0 Å². The van der Waals surface area contributed by atoms with Crippen LogP contribution in [0.3, 0.4) is 0 Å². The van der Waals surface area contributed by atoms with Crippen molar-refractivity contribution in [1.82, 2.24) is 0 Å². The molecule has 0 N–H and O–H groups in total. The first-order chi connectivity index (χ1) is 4.13. The topological polar surface area (TPSA) is 0 Å². The van der Waals surface area contributed by atoms with E-state index in [1.165, 1.54) is 16.7 Å². The maximum Gasteiger partial charge on any atom is 3.00 e. The summed E-state index contributed by atoms with van der Waals surface area (Å²) in [6, 6.07) is 0. The predicted octanol–water partition coefficient (Wildman–Crippen LogP) is -4.72. The molecule has 13 heavy (non-hydrogen) atoms. The van der Waals surface area contributed by atoms with E-state index in [-0.39, 0.29) is 57.5 Å². The van der Waals surface area contributed by atoms with Gasteiger partial charge in [-0.05, 0) is 11.0 Å². The van der Waals surface area contributed by atoms with Gasteiger partial charge in [0.1, 0.15) is 0 Å². The Morgan fingerprint density at radius 2 is 1.46 bits per heavy atom. The molecule has 0 bridgehead atoms. The Balaban J connectivity index is -0.000000101. The first-order valence-corrected chi connectivity index (χ1v) is 3.40. The maximum atomic E-state index is 3.36. The van der Waals surface area contributed by atoms with E-state index in [1.54, 1.807) is 0 Å². The smallest absolute Gasteiger partial charge is 1.00 e. The van der Waals surface area contributed by atoms with Gasteiger partial charge >= 0.3 is 21.7 Å². The molecule has 1 unspecified atom stereocenters. The Morgan fingerprint density at radius 3 is 1.54 bits per heavy atom. The molecule has 0 nitrogen and oxygen atoms in total. The molecule has 0 aliphatic heterocycles. The SMILES string of the molecule is CC1=[C-]C(C)C(C)=C1C.[Cl-].[Cl-].[SiH4].[Ti+3]. The van der Waals surface area contributed by atoms with Crippen LogP contribution in [-0.4, -0.2) is 11.0 Å². The molecule has 1 aliphatic carbocycles. The van der Waals surface area contributed by atoms with Crippen molar-refractivity contribution in [2.45, 2.75) is 27.7 Å². The van der Waals surface area contributed by atoms with Crippen LogP contribution in [0.4, 0.5) is 0 Å². The molecule has 0 saturated heterocycles. The van der Waals surface area contributed by atoms with Crippen molar-refractivity contribution in [2.24, 2.45) is 5.92 Å². The summed E-state index contributed by atoms with van der Waals surface area (Å²) in [4.78, 5) is 0. The Morgan fingerprint density at radius 1 is 1.08 bits per heavy atom. The number of hydrogen-bond donors (Lipinski definition) is 0. The molecule has 0 aromatic heterocycles. The van der Waals surface area contributed by atoms with Crippen molar-refractivity contribution in [3.63, 3.8) is 0 Å². The first-order valence-electron chi connectivity index (χ1n) is 3.40. The molecule has 75 valence electrons. The van der Waals surface area contributed by atoms with Gasteiger partial charge in [0.05, 0.1) is 0 Å². The van der Waals surface area contributed by atoms with E-state index in [1.807, 2.05) is 0 Å². The van der Waals surface area contributed by atoms with Gasteiger partial charge in [-0.15, -0.1) is 6.92 Å². The number of rotatable bonds is 0. The van der Waals surface area contributed by atoms with Crippen LogP contribution in [0.25, 0.3) is 0 Å². The number of hydrogen-bond acceptors (Lipinski definition) is 0. The molecule has 1 atom stereocenters. The van der Waals surface area contributed by atoms with E-state index in [2.05, 4.69) is 33.8 Å². The quantitative estimate of drug-likeness (QED) is 0.307. The monoisotopic (exact) mass is 271 g/mol. The van der Waals surface area contributed by atoms with Crippen LogP contribution < -0.4 is 24.8 Å². The van der Waals surface area contributed by atoms with E-state index in [0.29, 0.717) is 5.92 Å². The molecule has 0 fully saturated rings. The molecule has 1 radical (unpaired) electrons. The van der Waals surface area contributed by atoms with Gasteiger partial charge in [0.25, 0.3) is 0 Å². The van der Waals surface area contributed by atoms with E-state index >= 15 is 0 Å². The zero-order valence-electron chi connectivity index (χ0n) is 7.83. The third-order valence-electron chi connectivity index (χ3n) is 2.24. The summed E-state index contributed by atoms with van der Waals surface area (Å²) in [6.45, 7) is 8.67. The fourth-order valence-electron chi connectivity index (χ4n) is 1.16. The molecule has 0 aromatic carbocycles. The molecule has 0 heterocycles. The largest absolute Gasteiger partial charge is 3.00 e. The zero-order chi connectivity index (χ0) is 7.02. The second-order valence-electron chi connectivity index (χ2n) is 2.80.